The number of aliphatic hydroxyl groups is 1. The normalized spacial score (nSPS) is 11.7. The van der Waals surface area contributed by atoms with Crippen molar-refractivity contribution in [2.24, 2.45) is 0 Å². The molecule has 1 rings (SSSR count). The molecular formula is C13H17NO4. The number of carbonyl (C=O) groups excluding carboxylic acids is 2. The molecule has 1 unspecified atom stereocenters. The summed E-state index contributed by atoms with van der Waals surface area (Å²) >= 11 is 0. The first-order valence-corrected chi connectivity index (χ1v) is 5.60. The van der Waals surface area contributed by atoms with E-state index in [0.29, 0.717) is 6.42 Å². The Morgan fingerprint density at radius 2 is 1.83 bits per heavy atom. The summed E-state index contributed by atoms with van der Waals surface area (Å²) in [6.07, 6.45) is 0.359. The summed E-state index contributed by atoms with van der Waals surface area (Å²) < 4.78 is 4.64. The van der Waals surface area contributed by atoms with Crippen LogP contribution in [0, 0.1) is 0 Å². The maximum atomic E-state index is 11.5. The van der Waals surface area contributed by atoms with Crippen molar-refractivity contribution in [3.8, 4) is 0 Å². The molecule has 1 atom stereocenters. The Morgan fingerprint density at radius 3 is 2.28 bits per heavy atom. The van der Waals surface area contributed by atoms with Gasteiger partial charge in [0.2, 0.25) is 5.91 Å². The standard InChI is InChI=1S/C13H17NO4/c1-9(16)14-12(13(17)18-2)7-10-3-5-11(8-15)6-4-10/h3-6,12,15H,7-8H2,1-2H3,(H,14,16). The van der Waals surface area contributed by atoms with Gasteiger partial charge in [-0.15, -0.1) is 0 Å². The number of amides is 1. The average Bonchev–Trinajstić information content (AvgIpc) is 2.37. The minimum absolute atomic E-state index is 0.0214. The summed E-state index contributed by atoms with van der Waals surface area (Å²) in [6, 6.07) is 6.48. The largest absolute Gasteiger partial charge is 0.467 e. The minimum Gasteiger partial charge on any atom is -0.467 e. The van der Waals surface area contributed by atoms with Crippen LogP contribution in [0.2, 0.25) is 0 Å². The Bertz CT molecular complexity index is 414. The quantitative estimate of drug-likeness (QED) is 0.743. The topological polar surface area (TPSA) is 75.6 Å². The predicted molar refractivity (Wildman–Crippen MR) is 65.7 cm³/mol. The summed E-state index contributed by atoms with van der Waals surface area (Å²) in [5.41, 5.74) is 1.68. The van der Waals surface area contributed by atoms with E-state index in [1.54, 1.807) is 12.1 Å². The SMILES string of the molecule is COC(=O)C(Cc1ccc(CO)cc1)NC(C)=O. The number of nitrogens with one attached hydrogen (secondary N) is 1. The molecule has 0 aliphatic heterocycles. The van der Waals surface area contributed by atoms with Gasteiger partial charge < -0.3 is 15.2 Å². The molecule has 0 saturated heterocycles. The van der Waals surface area contributed by atoms with Crippen molar-refractivity contribution in [1.82, 2.24) is 5.32 Å². The third kappa shape index (κ3) is 4.18. The Hall–Kier alpha value is -1.88. The molecule has 0 aliphatic rings. The van der Waals surface area contributed by atoms with E-state index in [1.807, 2.05) is 12.1 Å². The van der Waals surface area contributed by atoms with Gasteiger partial charge in [0.25, 0.3) is 0 Å². The predicted octanol–water partition coefficient (Wildman–Crippen LogP) is 0.399. The van der Waals surface area contributed by atoms with Crippen LogP contribution in [0.3, 0.4) is 0 Å². The lowest BCUT2D eigenvalue weighted by atomic mass is 10.0. The maximum Gasteiger partial charge on any atom is 0.328 e. The molecule has 1 aromatic rings. The van der Waals surface area contributed by atoms with Crippen LogP contribution in [0.4, 0.5) is 0 Å². The van der Waals surface area contributed by atoms with Crippen molar-refractivity contribution in [3.63, 3.8) is 0 Å². The van der Waals surface area contributed by atoms with E-state index in [9.17, 15) is 9.59 Å². The van der Waals surface area contributed by atoms with Crippen LogP contribution in [0.25, 0.3) is 0 Å². The first-order valence-electron chi connectivity index (χ1n) is 5.60. The number of ether oxygens (including phenoxy) is 1. The number of carbonyl (C=O) groups is 2. The fraction of sp³-hybridized carbons (Fsp3) is 0.385. The van der Waals surface area contributed by atoms with Gasteiger partial charge in [-0.05, 0) is 11.1 Å². The van der Waals surface area contributed by atoms with Crippen molar-refractivity contribution in [2.45, 2.75) is 26.0 Å². The first kappa shape index (κ1) is 14.2. The van der Waals surface area contributed by atoms with Crippen molar-refractivity contribution in [3.05, 3.63) is 35.4 Å². The zero-order valence-electron chi connectivity index (χ0n) is 10.5. The average molecular weight is 251 g/mol. The molecule has 0 aromatic heterocycles. The second-order valence-corrected chi connectivity index (χ2v) is 3.96. The lowest BCUT2D eigenvalue weighted by Crippen LogP contribution is -2.41. The van der Waals surface area contributed by atoms with Gasteiger partial charge in [0.15, 0.2) is 0 Å². The van der Waals surface area contributed by atoms with Crippen LogP contribution in [0.1, 0.15) is 18.1 Å². The van der Waals surface area contributed by atoms with Crippen LogP contribution in [-0.4, -0.2) is 30.1 Å². The molecule has 98 valence electrons. The first-order chi connectivity index (χ1) is 8.56. The molecular weight excluding hydrogens is 234 g/mol. The molecule has 5 nitrogen and oxygen atoms in total. The molecule has 18 heavy (non-hydrogen) atoms. The molecule has 0 saturated carbocycles. The molecule has 2 N–H and O–H groups in total. The summed E-state index contributed by atoms with van der Waals surface area (Å²) in [7, 11) is 1.28. The van der Waals surface area contributed by atoms with Crippen molar-refractivity contribution < 1.29 is 19.4 Å². The number of aliphatic hydroxyl groups excluding tert-OH is 1. The van der Waals surface area contributed by atoms with E-state index in [1.165, 1.54) is 14.0 Å². The van der Waals surface area contributed by atoms with Gasteiger partial charge in [0.1, 0.15) is 6.04 Å². The van der Waals surface area contributed by atoms with E-state index < -0.39 is 12.0 Å². The van der Waals surface area contributed by atoms with Gasteiger partial charge in [-0.1, -0.05) is 24.3 Å². The summed E-state index contributed by atoms with van der Waals surface area (Å²) in [4.78, 5) is 22.5. The van der Waals surface area contributed by atoms with E-state index in [2.05, 4.69) is 10.1 Å². The molecule has 5 heteroatoms. The van der Waals surface area contributed by atoms with Crippen molar-refractivity contribution in [1.29, 1.82) is 0 Å². The zero-order chi connectivity index (χ0) is 13.5. The molecule has 0 heterocycles. The molecule has 1 aromatic carbocycles. The molecule has 0 spiro atoms. The van der Waals surface area contributed by atoms with Crippen LogP contribution in [-0.2, 0) is 27.4 Å². The summed E-state index contributed by atoms with van der Waals surface area (Å²) in [6.45, 7) is 1.33. The van der Waals surface area contributed by atoms with Crippen molar-refractivity contribution >= 4 is 11.9 Å². The van der Waals surface area contributed by atoms with Crippen LogP contribution < -0.4 is 5.32 Å². The summed E-state index contributed by atoms with van der Waals surface area (Å²) in [5, 5.41) is 11.5. The number of hydrogen-bond acceptors (Lipinski definition) is 4. The molecule has 1 amide bonds. The fourth-order valence-corrected chi connectivity index (χ4v) is 1.60. The van der Waals surface area contributed by atoms with Crippen molar-refractivity contribution in [2.75, 3.05) is 7.11 Å². The number of rotatable bonds is 5. The summed E-state index contributed by atoms with van der Waals surface area (Å²) in [5.74, 6) is -0.756. The maximum absolute atomic E-state index is 11.5. The van der Waals surface area contributed by atoms with Gasteiger partial charge in [-0.25, -0.2) is 4.79 Å². The highest BCUT2D eigenvalue weighted by atomic mass is 16.5. The highest BCUT2D eigenvalue weighted by Crippen LogP contribution is 2.08. The highest BCUT2D eigenvalue weighted by molar-refractivity contribution is 5.83. The second kappa shape index (κ2) is 6.76. The van der Waals surface area contributed by atoms with Crippen LogP contribution in [0.5, 0.6) is 0 Å². The number of hydrogen-bond donors (Lipinski definition) is 2. The highest BCUT2D eigenvalue weighted by Gasteiger charge is 2.20. The monoisotopic (exact) mass is 251 g/mol. The lowest BCUT2D eigenvalue weighted by molar-refractivity contribution is -0.144. The Morgan fingerprint density at radius 1 is 1.28 bits per heavy atom. The number of benzene rings is 1. The van der Waals surface area contributed by atoms with E-state index in [-0.39, 0.29) is 12.5 Å². The minimum atomic E-state index is -0.688. The van der Waals surface area contributed by atoms with E-state index >= 15 is 0 Å². The third-order valence-electron chi connectivity index (χ3n) is 2.51. The van der Waals surface area contributed by atoms with E-state index in [4.69, 9.17) is 5.11 Å². The Labute approximate surface area is 106 Å². The third-order valence-corrected chi connectivity index (χ3v) is 2.51. The second-order valence-electron chi connectivity index (χ2n) is 3.96. The Balaban J connectivity index is 2.75. The number of esters is 1. The molecule has 0 aliphatic carbocycles. The molecule has 0 radical (unpaired) electrons. The smallest absolute Gasteiger partial charge is 0.328 e. The zero-order valence-corrected chi connectivity index (χ0v) is 10.5. The number of methoxy groups -OCH3 is 1. The van der Waals surface area contributed by atoms with E-state index in [0.717, 1.165) is 11.1 Å². The van der Waals surface area contributed by atoms with Crippen LogP contribution in [0.15, 0.2) is 24.3 Å². The fourth-order valence-electron chi connectivity index (χ4n) is 1.60. The van der Waals surface area contributed by atoms with Gasteiger partial charge in [0.05, 0.1) is 13.7 Å². The van der Waals surface area contributed by atoms with Gasteiger partial charge in [0, 0.05) is 13.3 Å². The Kier molecular flexibility index (Phi) is 5.32. The van der Waals surface area contributed by atoms with Gasteiger partial charge in [-0.3, -0.25) is 4.79 Å². The van der Waals surface area contributed by atoms with Gasteiger partial charge in [-0.2, -0.15) is 0 Å². The lowest BCUT2D eigenvalue weighted by Gasteiger charge is -2.15. The van der Waals surface area contributed by atoms with Gasteiger partial charge >= 0.3 is 5.97 Å². The van der Waals surface area contributed by atoms with Crippen LogP contribution >= 0.6 is 0 Å². The molecule has 0 bridgehead atoms. The molecule has 0 fully saturated rings.